The van der Waals surface area contributed by atoms with Crippen LogP contribution in [0.4, 0.5) is 5.69 Å². The van der Waals surface area contributed by atoms with Gasteiger partial charge in [-0.3, -0.25) is 5.41 Å². The predicted octanol–water partition coefficient (Wildman–Crippen LogP) is 5.40. The maximum atomic E-state index is 8.01. The van der Waals surface area contributed by atoms with E-state index in [1.54, 1.807) is 0 Å². The van der Waals surface area contributed by atoms with E-state index in [9.17, 15) is 0 Å². The topological polar surface area (TPSA) is 53.1 Å². The molecule has 3 nitrogen and oxygen atoms in total. The predicted molar refractivity (Wildman–Crippen MR) is 108 cm³/mol. The summed E-state index contributed by atoms with van der Waals surface area (Å²) < 4.78 is 0. The smallest absolute Gasteiger partial charge is 0.193 e. The zero-order valence-electron chi connectivity index (χ0n) is 16.1. The highest BCUT2D eigenvalue weighted by Gasteiger charge is 2.15. The third-order valence-corrected chi connectivity index (χ3v) is 4.81. The molecule has 134 valence electrons. The third kappa shape index (κ3) is 4.85. The zero-order chi connectivity index (χ0) is 18.6. The number of nitrogens with zero attached hydrogens (tertiary/aromatic N) is 1. The van der Waals surface area contributed by atoms with E-state index in [1.165, 1.54) is 11.1 Å². The number of hydrogen-bond acceptors (Lipinski definition) is 1. The number of hydrogen-bond donors (Lipinski definition) is 2. The molecule has 2 aromatic carbocycles. The number of rotatable bonds is 5. The van der Waals surface area contributed by atoms with Gasteiger partial charge in [0.25, 0.3) is 0 Å². The van der Waals surface area contributed by atoms with Crippen LogP contribution in [0.25, 0.3) is 0 Å². The average Bonchev–Trinajstić information content (AvgIpc) is 2.58. The molecule has 0 aliphatic carbocycles. The van der Waals surface area contributed by atoms with Gasteiger partial charge in [0, 0.05) is 5.69 Å². The molecule has 2 aromatic rings. The summed E-state index contributed by atoms with van der Waals surface area (Å²) >= 11 is 0. The monoisotopic (exact) mass is 337 g/mol. The van der Waals surface area contributed by atoms with Crippen LogP contribution < -0.4 is 10.6 Å². The third-order valence-electron chi connectivity index (χ3n) is 4.81. The average molecular weight is 338 g/mol. The van der Waals surface area contributed by atoms with Gasteiger partial charge >= 0.3 is 0 Å². The van der Waals surface area contributed by atoms with Crippen LogP contribution in [-0.2, 0) is 12.0 Å². The van der Waals surface area contributed by atoms with Crippen molar-refractivity contribution in [3.63, 3.8) is 0 Å². The molecule has 1 atom stereocenters. The summed E-state index contributed by atoms with van der Waals surface area (Å²) in [4.78, 5) is 1.86. The molecule has 0 spiro atoms. The molecule has 0 aliphatic rings. The summed E-state index contributed by atoms with van der Waals surface area (Å²) in [6.07, 6.45) is 1.10. The summed E-state index contributed by atoms with van der Waals surface area (Å²) in [5.41, 5.74) is 10.7. The molecular weight excluding hydrogens is 306 g/mol. The lowest BCUT2D eigenvalue weighted by molar-refractivity contribution is 0.590. The Morgan fingerprint density at radius 3 is 2.28 bits per heavy atom. The Bertz CT molecular complexity index is 711. The SMILES string of the molecule is CCC(C)c1cccc(N(Cc2ccc(C(C)(C)C)cc2)C(=N)N)c1. The van der Waals surface area contributed by atoms with Gasteiger partial charge in [-0.2, -0.15) is 0 Å². The molecular formula is C22H31N3. The number of nitrogens with one attached hydrogen (secondary N) is 1. The van der Waals surface area contributed by atoms with E-state index in [4.69, 9.17) is 11.1 Å². The molecule has 3 N–H and O–H groups in total. The number of nitrogens with two attached hydrogens (primary N) is 1. The van der Waals surface area contributed by atoms with Crippen LogP contribution in [0.1, 0.15) is 63.6 Å². The van der Waals surface area contributed by atoms with E-state index in [-0.39, 0.29) is 11.4 Å². The Morgan fingerprint density at radius 1 is 1.12 bits per heavy atom. The van der Waals surface area contributed by atoms with Crippen molar-refractivity contribution in [1.82, 2.24) is 0 Å². The lowest BCUT2D eigenvalue weighted by Gasteiger charge is -2.25. The molecule has 0 saturated carbocycles. The van der Waals surface area contributed by atoms with Gasteiger partial charge in [0.2, 0.25) is 0 Å². The molecule has 0 aliphatic heterocycles. The zero-order valence-corrected chi connectivity index (χ0v) is 16.1. The van der Waals surface area contributed by atoms with Crippen molar-refractivity contribution in [3.8, 4) is 0 Å². The molecule has 0 amide bonds. The van der Waals surface area contributed by atoms with Gasteiger partial charge in [-0.25, -0.2) is 0 Å². The van der Waals surface area contributed by atoms with Crippen molar-refractivity contribution in [2.75, 3.05) is 4.90 Å². The summed E-state index contributed by atoms with van der Waals surface area (Å²) in [6.45, 7) is 11.7. The maximum Gasteiger partial charge on any atom is 0.193 e. The summed E-state index contributed by atoms with van der Waals surface area (Å²) in [6, 6.07) is 17.0. The summed E-state index contributed by atoms with van der Waals surface area (Å²) in [7, 11) is 0. The van der Waals surface area contributed by atoms with Crippen LogP contribution in [0.2, 0.25) is 0 Å². The molecule has 1 unspecified atom stereocenters. The number of anilines is 1. The molecule has 0 fully saturated rings. The van der Waals surface area contributed by atoms with Gasteiger partial charge in [0.15, 0.2) is 5.96 Å². The highest BCUT2D eigenvalue weighted by molar-refractivity contribution is 5.92. The highest BCUT2D eigenvalue weighted by Crippen LogP contribution is 2.26. The first-order valence-corrected chi connectivity index (χ1v) is 9.03. The minimum atomic E-state index is 0.0706. The standard InChI is InChI=1S/C22H31N3/c1-6-16(2)18-8-7-9-20(14-18)25(21(23)24)15-17-10-12-19(13-11-17)22(3,4)5/h7-14,16H,6,15H2,1-5H3,(H3,23,24). The van der Waals surface area contributed by atoms with Crippen LogP contribution in [-0.4, -0.2) is 5.96 Å². The fourth-order valence-corrected chi connectivity index (χ4v) is 2.84. The molecule has 2 rings (SSSR count). The van der Waals surface area contributed by atoms with Gasteiger partial charge in [-0.1, -0.05) is 71.0 Å². The first kappa shape index (κ1) is 19.0. The lowest BCUT2D eigenvalue weighted by atomic mass is 9.87. The van der Waals surface area contributed by atoms with Gasteiger partial charge in [-0.15, -0.1) is 0 Å². The Morgan fingerprint density at radius 2 is 1.76 bits per heavy atom. The van der Waals surface area contributed by atoms with Crippen molar-refractivity contribution in [2.24, 2.45) is 5.73 Å². The van der Waals surface area contributed by atoms with E-state index in [1.807, 2.05) is 11.0 Å². The molecule has 0 bridgehead atoms. The summed E-state index contributed by atoms with van der Waals surface area (Å²) in [5.74, 6) is 0.570. The molecule has 0 heterocycles. The van der Waals surface area contributed by atoms with Gasteiger partial charge in [0.1, 0.15) is 0 Å². The number of benzene rings is 2. The quantitative estimate of drug-likeness (QED) is 0.567. The molecule has 0 aromatic heterocycles. The minimum absolute atomic E-state index is 0.0706. The normalized spacial score (nSPS) is 12.7. The fourth-order valence-electron chi connectivity index (χ4n) is 2.84. The van der Waals surface area contributed by atoms with Crippen LogP contribution in [0.5, 0.6) is 0 Å². The second kappa shape index (κ2) is 7.73. The van der Waals surface area contributed by atoms with Crippen molar-refractivity contribution in [3.05, 3.63) is 65.2 Å². The molecule has 25 heavy (non-hydrogen) atoms. The second-order valence-corrected chi connectivity index (χ2v) is 7.82. The van der Waals surface area contributed by atoms with Crippen LogP contribution in [0.15, 0.2) is 48.5 Å². The minimum Gasteiger partial charge on any atom is -0.370 e. The molecule has 3 heteroatoms. The maximum absolute atomic E-state index is 8.01. The second-order valence-electron chi connectivity index (χ2n) is 7.82. The van der Waals surface area contributed by atoms with Crippen molar-refractivity contribution >= 4 is 11.6 Å². The number of guanidine groups is 1. The Labute approximate surface area is 152 Å². The molecule has 0 saturated heterocycles. The van der Waals surface area contributed by atoms with Crippen molar-refractivity contribution in [1.29, 1.82) is 5.41 Å². The van der Waals surface area contributed by atoms with Gasteiger partial charge in [-0.05, 0) is 46.6 Å². The van der Waals surface area contributed by atoms with E-state index >= 15 is 0 Å². The fraction of sp³-hybridized carbons (Fsp3) is 0.409. The molecule has 0 radical (unpaired) electrons. The first-order chi connectivity index (χ1) is 11.7. The van der Waals surface area contributed by atoms with Crippen molar-refractivity contribution in [2.45, 2.75) is 58.9 Å². The lowest BCUT2D eigenvalue weighted by Crippen LogP contribution is -2.36. The van der Waals surface area contributed by atoms with Gasteiger partial charge < -0.3 is 10.6 Å². The highest BCUT2D eigenvalue weighted by atomic mass is 15.2. The van der Waals surface area contributed by atoms with Crippen molar-refractivity contribution < 1.29 is 0 Å². The van der Waals surface area contributed by atoms with Crippen LogP contribution >= 0.6 is 0 Å². The van der Waals surface area contributed by atoms with E-state index in [0.29, 0.717) is 12.5 Å². The van der Waals surface area contributed by atoms with Crippen LogP contribution in [0.3, 0.4) is 0 Å². The van der Waals surface area contributed by atoms with E-state index in [0.717, 1.165) is 17.7 Å². The first-order valence-electron chi connectivity index (χ1n) is 9.03. The largest absolute Gasteiger partial charge is 0.370 e. The van der Waals surface area contributed by atoms with E-state index in [2.05, 4.69) is 77.1 Å². The summed E-state index contributed by atoms with van der Waals surface area (Å²) in [5, 5.41) is 8.01. The van der Waals surface area contributed by atoms with E-state index < -0.39 is 0 Å². The Kier molecular flexibility index (Phi) is 5.89. The van der Waals surface area contributed by atoms with Crippen LogP contribution in [0, 0.1) is 5.41 Å². The van der Waals surface area contributed by atoms with Gasteiger partial charge in [0.05, 0.1) is 6.54 Å². The Balaban J connectivity index is 2.26. The Hall–Kier alpha value is -2.29.